The van der Waals surface area contributed by atoms with Crippen LogP contribution in [-0.4, -0.2) is 20.1 Å². The first kappa shape index (κ1) is 14.0. The van der Waals surface area contributed by atoms with Gasteiger partial charge in [-0.05, 0) is 49.5 Å². The van der Waals surface area contributed by atoms with Crippen LogP contribution in [0.1, 0.15) is 26.3 Å². The second-order valence-corrected chi connectivity index (χ2v) is 4.99. The molecule has 1 unspecified atom stereocenters. The molecule has 0 radical (unpaired) electrons. The van der Waals surface area contributed by atoms with Crippen molar-refractivity contribution in [3.8, 4) is 0 Å². The van der Waals surface area contributed by atoms with Crippen LogP contribution in [0.2, 0.25) is 0 Å². The Bertz CT molecular complexity index is 303. The smallest absolute Gasteiger partial charge is 0.0340 e. The fourth-order valence-electron chi connectivity index (χ4n) is 1.91. The van der Waals surface area contributed by atoms with Gasteiger partial charge in [0.05, 0.1) is 0 Å². The van der Waals surface area contributed by atoms with Crippen LogP contribution in [0.4, 0.5) is 5.69 Å². The number of anilines is 1. The van der Waals surface area contributed by atoms with E-state index in [-0.39, 0.29) is 0 Å². The molecule has 0 fully saturated rings. The van der Waals surface area contributed by atoms with E-state index in [1.807, 2.05) is 7.05 Å². The van der Waals surface area contributed by atoms with Gasteiger partial charge in [0.1, 0.15) is 0 Å². The highest BCUT2D eigenvalue weighted by molar-refractivity contribution is 5.44. The molecule has 0 heterocycles. The van der Waals surface area contributed by atoms with Crippen LogP contribution in [0.5, 0.6) is 0 Å². The zero-order chi connectivity index (χ0) is 12.7. The molecule has 96 valence electrons. The zero-order valence-electron chi connectivity index (χ0n) is 11.6. The lowest BCUT2D eigenvalue weighted by molar-refractivity contribution is 0.390. The topological polar surface area (TPSA) is 24.1 Å². The van der Waals surface area contributed by atoms with Crippen LogP contribution in [0.25, 0.3) is 0 Å². The second kappa shape index (κ2) is 7.33. The Morgan fingerprint density at radius 3 is 2.18 bits per heavy atom. The van der Waals surface area contributed by atoms with E-state index in [9.17, 15) is 0 Å². The highest BCUT2D eigenvalue weighted by atomic mass is 14.9. The summed E-state index contributed by atoms with van der Waals surface area (Å²) in [6.07, 6.45) is 1.11. The quantitative estimate of drug-likeness (QED) is 0.757. The zero-order valence-corrected chi connectivity index (χ0v) is 11.6. The third kappa shape index (κ3) is 4.78. The van der Waals surface area contributed by atoms with E-state index in [4.69, 9.17) is 0 Å². The van der Waals surface area contributed by atoms with Crippen molar-refractivity contribution in [1.29, 1.82) is 0 Å². The summed E-state index contributed by atoms with van der Waals surface area (Å²) < 4.78 is 0. The molecule has 0 spiro atoms. The van der Waals surface area contributed by atoms with E-state index in [1.165, 1.54) is 11.3 Å². The molecular weight excluding hydrogens is 208 g/mol. The van der Waals surface area contributed by atoms with Gasteiger partial charge in [0.2, 0.25) is 0 Å². The summed E-state index contributed by atoms with van der Waals surface area (Å²) in [7, 11) is 2.02. The lowest BCUT2D eigenvalue weighted by Gasteiger charge is -2.21. The van der Waals surface area contributed by atoms with Crippen molar-refractivity contribution < 1.29 is 0 Å². The van der Waals surface area contributed by atoms with Crippen LogP contribution in [-0.2, 0) is 6.42 Å². The lowest BCUT2D eigenvalue weighted by atomic mass is 9.95. The van der Waals surface area contributed by atoms with Gasteiger partial charge in [0.15, 0.2) is 0 Å². The van der Waals surface area contributed by atoms with E-state index < -0.39 is 0 Å². The van der Waals surface area contributed by atoms with Crippen molar-refractivity contribution >= 4 is 5.69 Å². The molecule has 0 saturated carbocycles. The van der Waals surface area contributed by atoms with Crippen molar-refractivity contribution in [1.82, 2.24) is 5.32 Å². The van der Waals surface area contributed by atoms with Crippen LogP contribution in [0.15, 0.2) is 24.3 Å². The van der Waals surface area contributed by atoms with Crippen LogP contribution in [0, 0.1) is 11.8 Å². The van der Waals surface area contributed by atoms with Crippen molar-refractivity contribution in [3.63, 3.8) is 0 Å². The Morgan fingerprint density at radius 1 is 1.06 bits per heavy atom. The number of hydrogen-bond donors (Lipinski definition) is 2. The van der Waals surface area contributed by atoms with E-state index in [2.05, 4.69) is 55.7 Å². The first-order valence-corrected chi connectivity index (χ1v) is 6.64. The predicted octanol–water partition coefficient (Wildman–Crippen LogP) is 3.15. The van der Waals surface area contributed by atoms with Gasteiger partial charge < -0.3 is 10.6 Å². The Morgan fingerprint density at radius 2 is 1.71 bits per heavy atom. The lowest BCUT2D eigenvalue weighted by Crippen LogP contribution is -2.29. The summed E-state index contributed by atoms with van der Waals surface area (Å²) in [5.41, 5.74) is 2.62. The highest BCUT2D eigenvalue weighted by Crippen LogP contribution is 2.14. The fraction of sp³-hybridized carbons (Fsp3) is 0.600. The molecule has 0 aliphatic rings. The molecule has 2 heteroatoms. The summed E-state index contributed by atoms with van der Waals surface area (Å²) in [6.45, 7) is 8.85. The van der Waals surface area contributed by atoms with Crippen molar-refractivity contribution in [2.45, 2.75) is 27.2 Å². The maximum absolute atomic E-state index is 3.52. The highest BCUT2D eigenvalue weighted by Gasteiger charge is 2.11. The summed E-state index contributed by atoms with van der Waals surface area (Å²) in [4.78, 5) is 0. The summed E-state index contributed by atoms with van der Waals surface area (Å²) in [5, 5.41) is 6.79. The minimum Gasteiger partial charge on any atom is -0.385 e. The van der Waals surface area contributed by atoms with Crippen LogP contribution < -0.4 is 10.6 Å². The Balaban J connectivity index is 2.47. The molecule has 2 N–H and O–H groups in total. The molecule has 0 aliphatic carbocycles. The van der Waals surface area contributed by atoms with Gasteiger partial charge in [0, 0.05) is 12.2 Å². The predicted molar refractivity (Wildman–Crippen MR) is 76.6 cm³/mol. The summed E-state index contributed by atoms with van der Waals surface area (Å²) in [6, 6.07) is 8.75. The molecule has 0 aromatic heterocycles. The van der Waals surface area contributed by atoms with Crippen LogP contribution >= 0.6 is 0 Å². The first-order valence-electron chi connectivity index (χ1n) is 6.64. The minimum atomic E-state index is 0.672. The van der Waals surface area contributed by atoms with E-state index in [0.717, 1.165) is 19.5 Å². The molecule has 0 aliphatic heterocycles. The Kier molecular flexibility index (Phi) is 6.06. The molecule has 1 aromatic carbocycles. The average molecular weight is 234 g/mol. The van der Waals surface area contributed by atoms with Crippen molar-refractivity contribution in [2.24, 2.45) is 11.8 Å². The van der Waals surface area contributed by atoms with E-state index in [1.54, 1.807) is 0 Å². The molecule has 1 rings (SSSR count). The molecule has 0 saturated heterocycles. The largest absolute Gasteiger partial charge is 0.385 e. The maximum atomic E-state index is 3.52. The summed E-state index contributed by atoms with van der Waals surface area (Å²) in [5.74, 6) is 1.37. The molecule has 0 bridgehead atoms. The van der Waals surface area contributed by atoms with Gasteiger partial charge >= 0.3 is 0 Å². The van der Waals surface area contributed by atoms with Gasteiger partial charge in [-0.1, -0.05) is 32.9 Å². The Hall–Kier alpha value is -1.02. The van der Waals surface area contributed by atoms with Gasteiger partial charge in [0.25, 0.3) is 0 Å². The first-order chi connectivity index (χ1) is 8.17. The van der Waals surface area contributed by atoms with Gasteiger partial charge in [-0.3, -0.25) is 0 Å². The van der Waals surface area contributed by atoms with Crippen LogP contribution in [0.3, 0.4) is 0 Å². The second-order valence-electron chi connectivity index (χ2n) is 4.99. The van der Waals surface area contributed by atoms with Gasteiger partial charge in [-0.2, -0.15) is 0 Å². The number of benzene rings is 1. The standard InChI is InChI=1S/C15H26N2/c1-5-13-6-8-15(9-7-13)17-11-14(10-16-4)12(2)3/h6-9,12,14,16-17H,5,10-11H2,1-4H3. The molecule has 17 heavy (non-hydrogen) atoms. The minimum absolute atomic E-state index is 0.672. The average Bonchev–Trinajstić information content (AvgIpc) is 2.34. The van der Waals surface area contributed by atoms with E-state index in [0.29, 0.717) is 11.8 Å². The third-order valence-electron chi connectivity index (χ3n) is 3.34. The number of aryl methyl sites for hydroxylation is 1. The SMILES string of the molecule is CCc1ccc(NCC(CNC)C(C)C)cc1. The third-order valence-corrected chi connectivity index (χ3v) is 3.34. The summed E-state index contributed by atoms with van der Waals surface area (Å²) >= 11 is 0. The molecule has 2 nitrogen and oxygen atoms in total. The molecule has 1 aromatic rings. The van der Waals surface area contributed by atoms with E-state index >= 15 is 0 Å². The van der Waals surface area contributed by atoms with Gasteiger partial charge in [-0.25, -0.2) is 0 Å². The number of nitrogens with one attached hydrogen (secondary N) is 2. The Labute approximate surface area is 106 Å². The monoisotopic (exact) mass is 234 g/mol. The maximum Gasteiger partial charge on any atom is 0.0340 e. The molecule has 1 atom stereocenters. The molecule has 0 amide bonds. The van der Waals surface area contributed by atoms with Crippen molar-refractivity contribution in [3.05, 3.63) is 29.8 Å². The van der Waals surface area contributed by atoms with Crippen molar-refractivity contribution in [2.75, 3.05) is 25.5 Å². The number of rotatable bonds is 7. The fourth-order valence-corrected chi connectivity index (χ4v) is 1.91. The number of hydrogen-bond acceptors (Lipinski definition) is 2. The normalized spacial score (nSPS) is 12.8. The molecular formula is C15H26N2. The van der Waals surface area contributed by atoms with Gasteiger partial charge in [-0.15, -0.1) is 0 Å².